The molecular formula is C10H18N4O3. The van der Waals surface area contributed by atoms with E-state index in [9.17, 15) is 14.4 Å². The van der Waals surface area contributed by atoms with E-state index in [4.69, 9.17) is 11.5 Å². The number of nitrogens with zero attached hydrogens (tertiary/aromatic N) is 1. The highest BCUT2D eigenvalue weighted by atomic mass is 16.2. The van der Waals surface area contributed by atoms with Crippen LogP contribution < -0.4 is 16.8 Å². The normalized spacial score (nSPS) is 19.1. The third kappa shape index (κ3) is 4.03. The van der Waals surface area contributed by atoms with Crippen LogP contribution in [-0.2, 0) is 14.4 Å². The fourth-order valence-corrected chi connectivity index (χ4v) is 1.97. The predicted octanol–water partition coefficient (Wildman–Crippen LogP) is -2.07. The molecule has 0 spiro atoms. The maximum absolute atomic E-state index is 11.5. The molecule has 0 saturated carbocycles. The highest BCUT2D eigenvalue weighted by Crippen LogP contribution is 2.19. The van der Waals surface area contributed by atoms with E-state index < -0.39 is 5.91 Å². The molecule has 1 aliphatic heterocycles. The van der Waals surface area contributed by atoms with Gasteiger partial charge in [-0.1, -0.05) is 0 Å². The summed E-state index contributed by atoms with van der Waals surface area (Å²) in [6, 6.07) is -0.112. The van der Waals surface area contributed by atoms with Gasteiger partial charge in [-0.25, -0.2) is 0 Å². The van der Waals surface area contributed by atoms with Gasteiger partial charge in [0.15, 0.2) is 0 Å². The smallest absolute Gasteiger partial charge is 0.236 e. The maximum Gasteiger partial charge on any atom is 0.236 e. The van der Waals surface area contributed by atoms with Crippen LogP contribution in [0.25, 0.3) is 0 Å². The van der Waals surface area contributed by atoms with E-state index in [0.29, 0.717) is 6.54 Å². The molecule has 1 saturated heterocycles. The molecule has 1 aliphatic rings. The number of primary amides is 1. The highest BCUT2D eigenvalue weighted by molar-refractivity contribution is 5.84. The summed E-state index contributed by atoms with van der Waals surface area (Å²) in [5, 5.41) is 2.40. The Kier molecular flexibility index (Phi) is 4.89. The molecule has 0 aliphatic carbocycles. The van der Waals surface area contributed by atoms with Crippen LogP contribution in [-0.4, -0.2) is 48.3 Å². The van der Waals surface area contributed by atoms with Crippen LogP contribution in [0.1, 0.15) is 19.3 Å². The number of amides is 3. The molecule has 7 heteroatoms. The van der Waals surface area contributed by atoms with E-state index in [1.54, 1.807) is 4.90 Å². The molecule has 1 rings (SSSR count). The minimum absolute atomic E-state index is 0.0423. The first-order valence-corrected chi connectivity index (χ1v) is 5.59. The summed E-state index contributed by atoms with van der Waals surface area (Å²) in [4.78, 5) is 35.1. The van der Waals surface area contributed by atoms with E-state index in [1.165, 1.54) is 0 Å². The van der Waals surface area contributed by atoms with Crippen molar-refractivity contribution >= 4 is 17.7 Å². The van der Waals surface area contributed by atoms with Crippen molar-refractivity contribution in [2.45, 2.75) is 25.3 Å². The van der Waals surface area contributed by atoms with Gasteiger partial charge in [-0.2, -0.15) is 0 Å². The Bertz CT molecular complexity index is 319. The number of hydrogen-bond acceptors (Lipinski definition) is 4. The minimum Gasteiger partial charge on any atom is -0.368 e. The number of rotatable bonds is 5. The first-order chi connectivity index (χ1) is 8.04. The van der Waals surface area contributed by atoms with Crippen molar-refractivity contribution in [2.75, 3.05) is 19.6 Å². The molecule has 96 valence electrons. The van der Waals surface area contributed by atoms with Crippen LogP contribution in [0.5, 0.6) is 0 Å². The number of carbonyl (C=O) groups excluding carboxylic acids is 3. The Balaban J connectivity index is 2.41. The molecule has 5 N–H and O–H groups in total. The quantitative estimate of drug-likeness (QED) is 0.513. The second kappa shape index (κ2) is 6.19. The van der Waals surface area contributed by atoms with Crippen molar-refractivity contribution in [2.24, 2.45) is 11.5 Å². The molecule has 1 fully saturated rings. The maximum atomic E-state index is 11.5. The molecule has 0 aromatic carbocycles. The van der Waals surface area contributed by atoms with Crippen LogP contribution in [0.3, 0.4) is 0 Å². The van der Waals surface area contributed by atoms with Gasteiger partial charge >= 0.3 is 0 Å². The van der Waals surface area contributed by atoms with Gasteiger partial charge in [0.25, 0.3) is 0 Å². The lowest BCUT2D eigenvalue weighted by molar-refractivity contribution is -0.132. The fourth-order valence-electron chi connectivity index (χ4n) is 1.97. The Labute approximate surface area is 99.5 Å². The van der Waals surface area contributed by atoms with Crippen molar-refractivity contribution in [3.8, 4) is 0 Å². The lowest BCUT2D eigenvalue weighted by Crippen LogP contribution is -2.42. The van der Waals surface area contributed by atoms with Crippen LogP contribution in [0, 0.1) is 0 Å². The summed E-state index contributed by atoms with van der Waals surface area (Å²) >= 11 is 0. The van der Waals surface area contributed by atoms with E-state index in [-0.39, 0.29) is 37.4 Å². The lowest BCUT2D eigenvalue weighted by atomic mass is 10.1. The van der Waals surface area contributed by atoms with E-state index >= 15 is 0 Å². The SMILES string of the molecule is NCC(=O)N1CCC[C@H]1CC(=O)NCC(N)=O. The van der Waals surface area contributed by atoms with Crippen LogP contribution in [0.4, 0.5) is 0 Å². The fraction of sp³-hybridized carbons (Fsp3) is 0.700. The van der Waals surface area contributed by atoms with Crippen molar-refractivity contribution < 1.29 is 14.4 Å². The topological polar surface area (TPSA) is 119 Å². The van der Waals surface area contributed by atoms with Crippen LogP contribution >= 0.6 is 0 Å². The summed E-state index contributed by atoms with van der Waals surface area (Å²) in [7, 11) is 0. The molecule has 0 bridgehead atoms. The third-order valence-electron chi connectivity index (χ3n) is 2.75. The molecule has 3 amide bonds. The number of carbonyl (C=O) groups is 3. The molecule has 0 radical (unpaired) electrons. The zero-order chi connectivity index (χ0) is 12.8. The van der Waals surface area contributed by atoms with Crippen molar-refractivity contribution in [1.82, 2.24) is 10.2 Å². The monoisotopic (exact) mass is 242 g/mol. The minimum atomic E-state index is -0.584. The zero-order valence-corrected chi connectivity index (χ0v) is 9.65. The molecule has 0 unspecified atom stereocenters. The summed E-state index contributed by atoms with van der Waals surface area (Å²) in [6.45, 7) is 0.430. The Morgan fingerprint density at radius 2 is 2.06 bits per heavy atom. The average Bonchev–Trinajstić information content (AvgIpc) is 2.73. The second-order valence-electron chi connectivity index (χ2n) is 4.03. The standard InChI is InChI=1S/C10H18N4O3/c11-5-10(17)14-3-1-2-7(14)4-9(16)13-6-8(12)15/h7H,1-6,11H2,(H2,12,15)(H,13,16)/t7-/m0/s1. The summed E-state index contributed by atoms with van der Waals surface area (Å²) < 4.78 is 0. The first kappa shape index (κ1) is 13.4. The van der Waals surface area contributed by atoms with Gasteiger partial charge in [-0.3, -0.25) is 14.4 Å². The molecule has 1 heterocycles. The van der Waals surface area contributed by atoms with Gasteiger partial charge in [-0.05, 0) is 12.8 Å². The average molecular weight is 242 g/mol. The van der Waals surface area contributed by atoms with Crippen LogP contribution in [0.15, 0.2) is 0 Å². The van der Waals surface area contributed by atoms with E-state index in [2.05, 4.69) is 5.32 Å². The number of hydrogen-bond donors (Lipinski definition) is 3. The summed E-state index contributed by atoms with van der Waals surface area (Å²) in [5.74, 6) is -1.000. The molecule has 0 aromatic rings. The van der Waals surface area contributed by atoms with Gasteiger partial charge in [0.05, 0.1) is 13.1 Å². The van der Waals surface area contributed by atoms with Gasteiger partial charge in [-0.15, -0.1) is 0 Å². The third-order valence-corrected chi connectivity index (χ3v) is 2.75. The van der Waals surface area contributed by atoms with Crippen molar-refractivity contribution in [3.63, 3.8) is 0 Å². The van der Waals surface area contributed by atoms with Crippen LogP contribution in [0.2, 0.25) is 0 Å². The Hall–Kier alpha value is -1.63. The molecule has 17 heavy (non-hydrogen) atoms. The highest BCUT2D eigenvalue weighted by Gasteiger charge is 2.29. The van der Waals surface area contributed by atoms with Gasteiger partial charge in [0.2, 0.25) is 17.7 Å². The number of likely N-dealkylation sites (tertiary alicyclic amines) is 1. The molecule has 7 nitrogen and oxygen atoms in total. The van der Waals surface area contributed by atoms with Gasteiger partial charge in [0, 0.05) is 19.0 Å². The van der Waals surface area contributed by atoms with Crippen molar-refractivity contribution in [3.05, 3.63) is 0 Å². The molecule has 1 atom stereocenters. The van der Waals surface area contributed by atoms with E-state index in [0.717, 1.165) is 12.8 Å². The second-order valence-corrected chi connectivity index (χ2v) is 4.03. The zero-order valence-electron chi connectivity index (χ0n) is 9.65. The summed E-state index contributed by atoms with van der Waals surface area (Å²) in [6.07, 6.45) is 1.86. The van der Waals surface area contributed by atoms with Gasteiger partial charge in [0.1, 0.15) is 0 Å². The molecule has 0 aromatic heterocycles. The van der Waals surface area contributed by atoms with E-state index in [1.807, 2.05) is 0 Å². The predicted molar refractivity (Wildman–Crippen MR) is 60.6 cm³/mol. The van der Waals surface area contributed by atoms with Gasteiger partial charge < -0.3 is 21.7 Å². The summed E-state index contributed by atoms with van der Waals surface area (Å²) in [5.41, 5.74) is 10.2. The molecular weight excluding hydrogens is 224 g/mol. The largest absolute Gasteiger partial charge is 0.368 e. The Morgan fingerprint density at radius 1 is 1.35 bits per heavy atom. The first-order valence-electron chi connectivity index (χ1n) is 5.59. The number of nitrogens with two attached hydrogens (primary N) is 2. The number of nitrogens with one attached hydrogen (secondary N) is 1. The lowest BCUT2D eigenvalue weighted by Gasteiger charge is -2.23. The van der Waals surface area contributed by atoms with Crippen molar-refractivity contribution in [1.29, 1.82) is 0 Å². The Morgan fingerprint density at radius 3 is 2.65 bits per heavy atom.